The highest BCUT2D eigenvalue weighted by atomic mass is 35.5. The molecule has 0 atom stereocenters. The normalized spacial score (nSPS) is 17.8. The van der Waals surface area contributed by atoms with E-state index in [1.807, 2.05) is 59.8 Å². The van der Waals surface area contributed by atoms with Crippen molar-refractivity contribution in [1.82, 2.24) is 29.4 Å². The number of rotatable bonds is 28. The lowest BCUT2D eigenvalue weighted by Crippen LogP contribution is -2.36. The Bertz CT molecular complexity index is 3430. The summed E-state index contributed by atoms with van der Waals surface area (Å²) >= 11 is 14.8. The van der Waals surface area contributed by atoms with Gasteiger partial charge in [0.1, 0.15) is 0 Å². The molecule has 6 heterocycles. The zero-order chi connectivity index (χ0) is 91.0. The second kappa shape index (κ2) is 58.4. The van der Waals surface area contributed by atoms with E-state index in [4.69, 9.17) is 34.8 Å². The van der Waals surface area contributed by atoms with Crippen molar-refractivity contribution in [3.05, 3.63) is 181 Å². The molecular weight excluding hydrogens is 1520 g/mol. The van der Waals surface area contributed by atoms with Crippen LogP contribution >= 0.6 is 34.8 Å². The van der Waals surface area contributed by atoms with Gasteiger partial charge in [0, 0.05) is 145 Å². The van der Waals surface area contributed by atoms with Crippen LogP contribution in [-0.2, 0) is 33.6 Å². The zero-order valence-electron chi connectivity index (χ0n) is 79.7. The first-order valence-corrected chi connectivity index (χ1v) is 44.2. The third-order valence-corrected chi connectivity index (χ3v) is 20.0. The number of Topliss-reactive ketones (excluding diaryl/α,β-unsaturated/α-hetero) is 3. The molecule has 0 N–H and O–H groups in total. The van der Waals surface area contributed by atoms with E-state index in [0.717, 1.165) is 129 Å². The first-order valence-electron chi connectivity index (χ1n) is 43.0. The van der Waals surface area contributed by atoms with Crippen molar-refractivity contribution >= 4 is 73.7 Å². The summed E-state index contributed by atoms with van der Waals surface area (Å²) in [5.41, 5.74) is 7.64. The fourth-order valence-corrected chi connectivity index (χ4v) is 13.5. The number of carbonyl (C=O) groups excluding carboxylic acids is 7. The molecule has 6 aliphatic heterocycles. The second-order valence-corrected chi connectivity index (χ2v) is 40.1. The number of allylic oxidation sites excluding steroid dienone is 21. The van der Waals surface area contributed by atoms with Crippen LogP contribution < -0.4 is 0 Å². The number of carbonyl (C=O) groups is 7. The second-order valence-electron chi connectivity index (χ2n) is 39.0. The van der Waals surface area contributed by atoms with Gasteiger partial charge in [0.15, 0.2) is 23.1 Å². The Hall–Kier alpha value is -6.54. The Morgan fingerprint density at radius 1 is 0.393 bits per heavy atom. The van der Waals surface area contributed by atoms with Gasteiger partial charge in [-0.15, -0.1) is 6.58 Å². The van der Waals surface area contributed by atoms with Crippen molar-refractivity contribution in [2.45, 2.75) is 272 Å². The van der Waals surface area contributed by atoms with Crippen molar-refractivity contribution < 1.29 is 33.6 Å². The molecule has 0 fully saturated rings. The Balaban J connectivity index is -0.00000128. The van der Waals surface area contributed by atoms with Gasteiger partial charge in [-0.05, 0) is 226 Å². The molecule has 117 heavy (non-hydrogen) atoms. The molecule has 664 valence electrons. The van der Waals surface area contributed by atoms with Crippen molar-refractivity contribution in [2.75, 3.05) is 78.5 Å². The van der Waals surface area contributed by atoms with E-state index in [1.165, 1.54) is 57.2 Å². The number of halogens is 3. The van der Waals surface area contributed by atoms with Gasteiger partial charge in [0.2, 0.25) is 15.7 Å². The number of ketones is 4. The Kier molecular flexibility index (Phi) is 57.2. The average molecular weight is 1680 g/mol. The summed E-state index contributed by atoms with van der Waals surface area (Å²) in [6.45, 7) is 90.7. The molecule has 0 unspecified atom stereocenters. The topological polar surface area (TPSA) is 139 Å². The monoisotopic (exact) mass is 1680 g/mol. The highest BCUT2D eigenvalue weighted by Crippen LogP contribution is 2.40. The summed E-state index contributed by atoms with van der Waals surface area (Å²) in [4.78, 5) is 92.6. The highest BCUT2D eigenvalue weighted by Gasteiger charge is 2.36. The zero-order valence-corrected chi connectivity index (χ0v) is 81.9. The fourth-order valence-electron chi connectivity index (χ4n) is 13.1. The van der Waals surface area contributed by atoms with Gasteiger partial charge in [-0.2, -0.15) is 0 Å². The molecule has 0 amide bonds. The predicted octanol–water partition coefficient (Wildman–Crippen LogP) is 25.7. The first kappa shape index (κ1) is 115. The lowest BCUT2D eigenvalue weighted by molar-refractivity contribution is -0.117. The molecular formula is C101H167Cl3N6O7. The molecule has 0 aromatic heterocycles. The van der Waals surface area contributed by atoms with Crippen LogP contribution in [0.25, 0.3) is 0 Å². The smallest absolute Gasteiger partial charge is 0.245 e. The lowest BCUT2D eigenvalue weighted by Gasteiger charge is -2.37. The van der Waals surface area contributed by atoms with Gasteiger partial charge in [-0.1, -0.05) is 257 Å². The summed E-state index contributed by atoms with van der Waals surface area (Å²) in [6.07, 6.45) is 45.3. The van der Waals surface area contributed by atoms with Crippen LogP contribution in [0.15, 0.2) is 181 Å². The summed E-state index contributed by atoms with van der Waals surface area (Å²) in [7, 11) is 0. The van der Waals surface area contributed by atoms with Gasteiger partial charge >= 0.3 is 0 Å². The van der Waals surface area contributed by atoms with Crippen LogP contribution in [-0.4, -0.2) is 147 Å². The molecule has 0 aromatic rings. The minimum absolute atomic E-state index is 0.0000128. The van der Waals surface area contributed by atoms with E-state index in [9.17, 15) is 33.6 Å². The van der Waals surface area contributed by atoms with E-state index in [2.05, 4.69) is 265 Å². The van der Waals surface area contributed by atoms with Crippen LogP contribution in [0, 0.1) is 68.0 Å². The highest BCUT2D eigenvalue weighted by molar-refractivity contribution is 6.67. The Morgan fingerprint density at radius 3 is 0.949 bits per heavy atom. The maximum Gasteiger partial charge on any atom is 0.245 e. The Morgan fingerprint density at radius 2 is 0.701 bits per heavy atom. The lowest BCUT2D eigenvalue weighted by atomic mass is 9.76. The number of hydrogen-bond donors (Lipinski definition) is 0. The molecule has 0 bridgehead atoms. The van der Waals surface area contributed by atoms with Gasteiger partial charge in [-0.3, -0.25) is 33.6 Å². The third kappa shape index (κ3) is 56.6. The standard InChI is InChI=1S/C17H27NO.2C16H27NO.C15H25NO.2C11H21N.C6H7ClO.C5H7ClO.C4H5ClO/c1-6-7-8-9-16(19)15-13-18(12-14(2)3)11-10-17(15,4)5;2*1-12(2)9-15(18)14-11-17(10-13(3)4)8-7-16(14,5)6;1-6-7-14(17)13-11-16(10-12(2)3)9-8-15(13,4)5;2*1-10(2)9-12-7-5-11(3,4)6-8-12;1-2-3-4-5-6(7)8;1-4(2)3-5(6)7;1-2-3-4(5)6/h6-8,13-14H,1,9-12H2,2-5H3;9,11,13H,7-8,10H2,1-6H3;11,13H,1,7-10H2,2-6H3;6,11-12H,1,7-10H2,2-5H3;2*5,7,10H,6,8-9H2,1-4H3;2-5H,1H3;3H,1-2H3;2-3H,1H3/b8-7+;;;;;;3-2+,5-4+;;3-2+. The maximum absolute atomic E-state index is 12.3. The fraction of sp³-hybridized carbons (Fsp3) is 0.634. The average Bonchev–Trinajstić information content (AvgIpc) is 0.822. The quantitative estimate of drug-likeness (QED) is 0.0318. The molecule has 16 heteroatoms. The molecule has 0 radical (unpaired) electrons. The van der Waals surface area contributed by atoms with Crippen molar-refractivity contribution in [2.24, 2.45) is 68.0 Å². The van der Waals surface area contributed by atoms with E-state index in [1.54, 1.807) is 43.4 Å². The van der Waals surface area contributed by atoms with Crippen molar-refractivity contribution in [3.8, 4) is 0 Å². The van der Waals surface area contributed by atoms with Crippen LogP contribution in [0.5, 0.6) is 0 Å². The molecule has 6 rings (SSSR count). The van der Waals surface area contributed by atoms with Crippen LogP contribution in [0.3, 0.4) is 0 Å². The minimum Gasteiger partial charge on any atom is -0.377 e. The third-order valence-electron chi connectivity index (χ3n) is 19.6. The van der Waals surface area contributed by atoms with E-state index < -0.39 is 15.7 Å². The largest absolute Gasteiger partial charge is 0.377 e. The summed E-state index contributed by atoms with van der Waals surface area (Å²) in [5.74, 6) is 4.91. The predicted molar refractivity (Wildman–Crippen MR) is 508 cm³/mol. The van der Waals surface area contributed by atoms with Crippen LogP contribution in [0.1, 0.15) is 272 Å². The maximum atomic E-state index is 12.3. The molecule has 13 nitrogen and oxygen atoms in total. The minimum atomic E-state index is -0.442. The van der Waals surface area contributed by atoms with Crippen LogP contribution in [0.2, 0.25) is 0 Å². The van der Waals surface area contributed by atoms with Crippen molar-refractivity contribution in [3.63, 3.8) is 0 Å². The molecule has 0 saturated heterocycles. The Labute approximate surface area is 732 Å². The van der Waals surface area contributed by atoms with Gasteiger partial charge in [0.25, 0.3) is 0 Å². The first-order chi connectivity index (χ1) is 53.8. The van der Waals surface area contributed by atoms with Gasteiger partial charge < -0.3 is 29.4 Å². The SMILES string of the molecule is C/C=C/C(=O)Cl.C/C=C/C=C/C(=O)Cl.C=C(C)CC(=O)C1=CN(CC(C)C)CCC1(C)C.C=C/C=C/CC(=O)C1=CN(CC(C)C)CCC1(C)C.C=CCC(=O)C1=CN(CC(C)C)CCC1(C)C.CC(C)=CC(=O)C1=CN(CC(C)C)CCC1(C)C.CC(C)=CC(=O)Cl.CC(C)CN1C=CC(C)(C)CC1.CC(C)CN1C=CC(C)(C)CC1. The van der Waals surface area contributed by atoms with E-state index in [-0.39, 0.29) is 44.8 Å². The van der Waals surface area contributed by atoms with E-state index >= 15 is 0 Å². The molecule has 0 aliphatic carbocycles. The van der Waals surface area contributed by atoms with Gasteiger partial charge in [-0.25, -0.2) is 0 Å². The summed E-state index contributed by atoms with van der Waals surface area (Å²) < 4.78 is 0. The summed E-state index contributed by atoms with van der Waals surface area (Å²) in [5, 5.41) is -1.26. The molecule has 0 aromatic carbocycles. The molecule has 0 spiro atoms. The number of hydrogen-bond acceptors (Lipinski definition) is 13. The van der Waals surface area contributed by atoms with Crippen molar-refractivity contribution in [1.29, 1.82) is 0 Å². The number of nitrogens with zero attached hydrogens (tertiary/aromatic N) is 6. The van der Waals surface area contributed by atoms with E-state index in [0.29, 0.717) is 53.8 Å². The molecule has 6 aliphatic rings. The van der Waals surface area contributed by atoms with Crippen LogP contribution in [0.4, 0.5) is 0 Å². The van der Waals surface area contributed by atoms with Gasteiger partial charge in [0.05, 0.1) is 0 Å². The molecule has 0 saturated carbocycles. The summed E-state index contributed by atoms with van der Waals surface area (Å²) in [6, 6.07) is 0.